The minimum atomic E-state index is -0.884. The highest BCUT2D eigenvalue weighted by molar-refractivity contribution is 5.87. The first-order chi connectivity index (χ1) is 26.8. The molecule has 2 saturated heterocycles. The lowest BCUT2D eigenvalue weighted by molar-refractivity contribution is -0.0461. The zero-order chi connectivity index (χ0) is 40.5. The van der Waals surface area contributed by atoms with Crippen LogP contribution in [0.4, 0.5) is 0 Å². The van der Waals surface area contributed by atoms with Crippen LogP contribution in [-0.2, 0) is 30.1 Å². The van der Waals surface area contributed by atoms with Crippen molar-refractivity contribution in [1.29, 1.82) is 0 Å². The molecular weight excluding hydrogens is 720 g/mol. The van der Waals surface area contributed by atoms with Crippen molar-refractivity contribution in [3.05, 3.63) is 115 Å². The summed E-state index contributed by atoms with van der Waals surface area (Å²) >= 11 is 0. The number of aliphatic hydroxyl groups excluding tert-OH is 2. The Bertz CT molecular complexity index is 1840. The van der Waals surface area contributed by atoms with E-state index in [9.17, 15) is 19.8 Å². The Labute approximate surface area is 328 Å². The Kier molecular flexibility index (Phi) is 14.4. The second-order valence-electron chi connectivity index (χ2n) is 15.1. The number of aromatic nitrogens is 2. The lowest BCUT2D eigenvalue weighted by atomic mass is 9.79. The number of oxazole rings is 2. The molecule has 56 heavy (non-hydrogen) atoms. The number of allylic oxidation sites excluding steroid dienone is 4. The molecule has 302 valence electrons. The molecule has 13 nitrogen and oxygen atoms in total. The summed E-state index contributed by atoms with van der Waals surface area (Å²) in [5.74, 6) is -0.844. The topological polar surface area (TPSA) is 179 Å². The number of cyclic esters (lactones) is 2. The smallest absolute Gasteiger partial charge is 0.360 e. The van der Waals surface area contributed by atoms with Crippen LogP contribution in [-0.4, -0.2) is 94.2 Å². The monoisotopic (exact) mass is 774 g/mol. The molecule has 4 bridgehead atoms. The molecule has 5 unspecified atom stereocenters. The number of fused-ring (bicyclic) bond motifs is 6. The second kappa shape index (κ2) is 19.0. The van der Waals surface area contributed by atoms with Gasteiger partial charge >= 0.3 is 11.9 Å². The van der Waals surface area contributed by atoms with Crippen LogP contribution >= 0.6 is 0 Å². The number of esters is 2. The second-order valence-corrected chi connectivity index (χ2v) is 15.1. The number of carbonyl (C=O) groups is 2. The quantitative estimate of drug-likeness (QED) is 0.178. The van der Waals surface area contributed by atoms with Crippen LogP contribution in [0.2, 0.25) is 0 Å². The zero-order valence-corrected chi connectivity index (χ0v) is 33.0. The van der Waals surface area contributed by atoms with Gasteiger partial charge in [-0.05, 0) is 13.8 Å². The maximum atomic E-state index is 13.4. The van der Waals surface area contributed by atoms with Crippen LogP contribution in [0.1, 0.15) is 87.1 Å². The van der Waals surface area contributed by atoms with E-state index in [1.165, 1.54) is 12.5 Å². The predicted octanol–water partition coefficient (Wildman–Crippen LogP) is 6.46. The van der Waals surface area contributed by atoms with Gasteiger partial charge < -0.3 is 42.7 Å². The van der Waals surface area contributed by atoms with Crippen molar-refractivity contribution in [3.8, 4) is 0 Å². The van der Waals surface area contributed by atoms with Crippen LogP contribution in [0.15, 0.2) is 100 Å². The van der Waals surface area contributed by atoms with E-state index < -0.39 is 53.3 Å². The fourth-order valence-corrected chi connectivity index (χ4v) is 6.10. The minimum absolute atomic E-state index is 0.00381. The van der Waals surface area contributed by atoms with Crippen LogP contribution in [0.3, 0.4) is 0 Å². The van der Waals surface area contributed by atoms with Gasteiger partial charge in [0.15, 0.2) is 17.3 Å². The molecule has 0 radical (unpaired) electrons. The predicted molar refractivity (Wildman–Crippen MR) is 207 cm³/mol. The molecule has 2 aromatic heterocycles. The van der Waals surface area contributed by atoms with Gasteiger partial charge in [-0.15, -0.1) is 0 Å². The van der Waals surface area contributed by atoms with Gasteiger partial charge in [0, 0.05) is 36.9 Å². The maximum Gasteiger partial charge on any atom is 0.360 e. The van der Waals surface area contributed by atoms with Crippen molar-refractivity contribution < 1.29 is 52.3 Å². The average Bonchev–Trinajstić information content (AvgIpc) is 3.96. The van der Waals surface area contributed by atoms with Gasteiger partial charge in [0.05, 0.1) is 24.7 Å². The first-order valence-corrected chi connectivity index (χ1v) is 18.9. The summed E-state index contributed by atoms with van der Waals surface area (Å²) in [6.45, 7) is 11.0. The highest BCUT2D eigenvalue weighted by atomic mass is 16.6. The fourth-order valence-electron chi connectivity index (χ4n) is 6.10. The number of epoxide rings is 2. The Morgan fingerprint density at radius 2 is 1.25 bits per heavy atom. The lowest BCUT2D eigenvalue weighted by Gasteiger charge is -2.36. The molecule has 5 rings (SSSR count). The van der Waals surface area contributed by atoms with Gasteiger partial charge in [-0.1, -0.05) is 107 Å². The van der Waals surface area contributed by atoms with E-state index in [1.807, 2.05) is 84.1 Å². The van der Waals surface area contributed by atoms with E-state index in [2.05, 4.69) is 9.97 Å². The van der Waals surface area contributed by atoms with Crippen molar-refractivity contribution in [3.63, 3.8) is 0 Å². The third kappa shape index (κ3) is 11.2. The fraction of sp³-hybridized carbons (Fsp3) is 0.488. The van der Waals surface area contributed by atoms with Crippen molar-refractivity contribution in [2.24, 2.45) is 10.8 Å². The first kappa shape index (κ1) is 42.5. The Morgan fingerprint density at radius 3 is 1.80 bits per heavy atom. The number of ether oxygens (including phenoxy) is 5. The van der Waals surface area contributed by atoms with Crippen LogP contribution in [0.25, 0.3) is 6.08 Å². The summed E-state index contributed by atoms with van der Waals surface area (Å²) in [5, 5.41) is 21.9. The summed E-state index contributed by atoms with van der Waals surface area (Å²) < 4.78 is 40.3. The number of hydrogen-bond acceptors (Lipinski definition) is 13. The molecule has 2 fully saturated rings. The number of methoxy groups -OCH3 is 1. The van der Waals surface area contributed by atoms with Crippen LogP contribution < -0.4 is 0 Å². The summed E-state index contributed by atoms with van der Waals surface area (Å²) in [6, 6.07) is 0. The van der Waals surface area contributed by atoms with E-state index in [-0.39, 0.29) is 54.0 Å². The number of nitrogens with zero attached hydrogens (tertiary/aromatic N) is 2. The summed E-state index contributed by atoms with van der Waals surface area (Å²) in [7, 11) is 1.56. The van der Waals surface area contributed by atoms with E-state index in [0.717, 1.165) is 0 Å². The van der Waals surface area contributed by atoms with Gasteiger partial charge in [0.25, 0.3) is 0 Å². The number of rotatable bonds is 7. The first-order valence-electron chi connectivity index (χ1n) is 18.9. The molecule has 5 heterocycles. The lowest BCUT2D eigenvalue weighted by Crippen LogP contribution is -2.42. The molecule has 2 N–H and O–H groups in total. The van der Waals surface area contributed by atoms with Crippen molar-refractivity contribution >= 4 is 18.0 Å². The molecule has 0 amide bonds. The van der Waals surface area contributed by atoms with Crippen molar-refractivity contribution in [2.45, 2.75) is 116 Å². The van der Waals surface area contributed by atoms with E-state index in [1.54, 1.807) is 49.6 Å². The van der Waals surface area contributed by atoms with Gasteiger partial charge in [0.1, 0.15) is 49.2 Å². The van der Waals surface area contributed by atoms with Gasteiger partial charge in [-0.25, -0.2) is 19.6 Å². The normalized spacial score (nSPS) is 30.9. The molecule has 0 aromatic carbocycles. The minimum Gasteiger partial charge on any atom is -0.457 e. The van der Waals surface area contributed by atoms with Crippen molar-refractivity contribution in [2.75, 3.05) is 7.11 Å². The van der Waals surface area contributed by atoms with Crippen LogP contribution in [0, 0.1) is 10.8 Å². The summed E-state index contributed by atoms with van der Waals surface area (Å²) in [6.07, 6.45) is 24.1. The molecule has 0 spiro atoms. The molecule has 3 aliphatic rings. The molecule has 2 aromatic rings. The molecule has 0 saturated carbocycles. The Balaban J connectivity index is 1.37. The highest BCUT2D eigenvalue weighted by Crippen LogP contribution is 2.35. The van der Waals surface area contributed by atoms with Crippen LogP contribution in [0.5, 0.6) is 0 Å². The van der Waals surface area contributed by atoms with Gasteiger partial charge in [0.2, 0.25) is 5.89 Å². The van der Waals surface area contributed by atoms with E-state index >= 15 is 0 Å². The number of hydrogen-bond donors (Lipinski definition) is 2. The summed E-state index contributed by atoms with van der Waals surface area (Å²) in [5.41, 5.74) is -1.68. The number of aliphatic hydroxyl groups is 2. The highest BCUT2D eigenvalue weighted by Gasteiger charge is 2.41. The SMILES string of the molecule is C/C=C/C(O)C(C)(C)C1C/C=C\[C@@H]2O[C@@H]2/C=C/C(OC)Cc2nc(co2)C(=O)OC(C(C)(C)C(O)/C=C/C)C/C=C\[C@H]2O[C@H]2/C=C/C=C\c2nc(co2)C(=O)O1. The Morgan fingerprint density at radius 1 is 0.732 bits per heavy atom. The summed E-state index contributed by atoms with van der Waals surface area (Å²) in [4.78, 5) is 35.3. The molecular formula is C43H54N2O11. The average molecular weight is 775 g/mol. The zero-order valence-electron chi connectivity index (χ0n) is 33.0. The molecule has 13 heteroatoms. The van der Waals surface area contributed by atoms with E-state index in [0.29, 0.717) is 12.8 Å². The van der Waals surface area contributed by atoms with E-state index in [4.69, 9.17) is 32.5 Å². The third-order valence-electron chi connectivity index (χ3n) is 10.2. The largest absolute Gasteiger partial charge is 0.457 e. The number of carbonyl (C=O) groups excluding carboxylic acids is 2. The maximum absolute atomic E-state index is 13.4. The van der Waals surface area contributed by atoms with Crippen molar-refractivity contribution in [1.82, 2.24) is 9.97 Å². The third-order valence-corrected chi connectivity index (χ3v) is 10.2. The van der Waals surface area contributed by atoms with Gasteiger partial charge in [-0.3, -0.25) is 0 Å². The Hall–Kier alpha value is -4.66. The molecule has 0 aliphatic carbocycles. The standard InChI is InChI=1S/C43H54N2O11/c1-8-14-34(46)42(3,4)36-20-13-18-32-33(54-32)23-22-27(50-7)24-39-45-29(26-52-39)41(49)56-37(43(5,6)35(47)15-9-2)19-12-17-31-30(53-31)16-10-11-21-38-44-28(25-51-38)40(48)55-36/h8-18,21-23,25-27,30-37,46-47H,19-20,24H2,1-7H3/b14-8+,15-9+,16-10+,17-12-,18-13-,21-11-,23-22+/t27?,30-,31+,32-,33+,34?,35?,36?,37?/m0/s1. The molecule has 3 aliphatic heterocycles. The molecule has 9 atom stereocenters. The van der Waals surface area contributed by atoms with Gasteiger partial charge in [-0.2, -0.15) is 0 Å².